The molecule has 1 amide bonds. The molecule has 0 aliphatic rings. The third-order valence-corrected chi connectivity index (χ3v) is 5.24. The van der Waals surface area contributed by atoms with Crippen molar-refractivity contribution in [1.29, 1.82) is 0 Å². The van der Waals surface area contributed by atoms with Crippen LogP contribution in [0.1, 0.15) is 41.4 Å². The van der Waals surface area contributed by atoms with Crippen LogP contribution in [0.2, 0.25) is 0 Å². The average Bonchev–Trinajstić information content (AvgIpc) is 3.50. The van der Waals surface area contributed by atoms with Crippen LogP contribution in [-0.2, 0) is 13.3 Å². The molecule has 32 heavy (non-hydrogen) atoms. The molecule has 0 spiro atoms. The quantitative estimate of drug-likeness (QED) is 0.414. The monoisotopic (exact) mass is 429 g/mol. The van der Waals surface area contributed by atoms with E-state index in [1.807, 2.05) is 48.7 Å². The number of nitrogens with zero attached hydrogens (tertiary/aromatic N) is 5. The van der Waals surface area contributed by atoms with Crippen LogP contribution < -0.4 is 4.74 Å². The zero-order chi connectivity index (χ0) is 22.5. The minimum Gasteiger partial charge on any atom is -0.471 e. The van der Waals surface area contributed by atoms with E-state index in [1.54, 1.807) is 39.8 Å². The maximum absolute atomic E-state index is 12.8. The van der Waals surface area contributed by atoms with Crippen molar-refractivity contribution in [1.82, 2.24) is 24.5 Å². The van der Waals surface area contributed by atoms with Crippen LogP contribution in [0.25, 0.3) is 5.69 Å². The molecule has 2 aromatic carbocycles. The molecule has 7 heteroatoms. The molecule has 0 bridgehead atoms. The number of hydrogen-bond acceptors (Lipinski definition) is 4. The van der Waals surface area contributed by atoms with Crippen molar-refractivity contribution in [2.45, 2.75) is 33.0 Å². The number of ether oxygens (including phenoxy) is 1. The van der Waals surface area contributed by atoms with Crippen LogP contribution >= 0.6 is 0 Å². The molecule has 0 radical (unpaired) electrons. The highest BCUT2D eigenvalue weighted by Crippen LogP contribution is 2.19. The van der Waals surface area contributed by atoms with Crippen LogP contribution in [0.3, 0.4) is 0 Å². The Morgan fingerprint density at radius 1 is 1.03 bits per heavy atom. The van der Waals surface area contributed by atoms with Gasteiger partial charge in [-0.1, -0.05) is 38.1 Å². The highest BCUT2D eigenvalue weighted by atomic mass is 16.5. The van der Waals surface area contributed by atoms with Crippen LogP contribution in [0.15, 0.2) is 79.3 Å². The molecular weight excluding hydrogens is 402 g/mol. The van der Waals surface area contributed by atoms with Gasteiger partial charge in [-0.25, -0.2) is 9.36 Å². The van der Waals surface area contributed by atoms with E-state index in [2.05, 4.69) is 36.2 Å². The summed E-state index contributed by atoms with van der Waals surface area (Å²) in [5.74, 6) is 1.12. The minimum absolute atomic E-state index is 0.138. The van der Waals surface area contributed by atoms with Crippen molar-refractivity contribution in [3.63, 3.8) is 0 Å². The van der Waals surface area contributed by atoms with Gasteiger partial charge in [0.1, 0.15) is 5.75 Å². The third-order valence-electron chi connectivity index (χ3n) is 5.24. The first-order valence-corrected chi connectivity index (χ1v) is 10.6. The Bertz CT molecular complexity index is 1150. The van der Waals surface area contributed by atoms with Crippen molar-refractivity contribution in [3.05, 3.63) is 96.1 Å². The molecule has 7 nitrogen and oxygen atoms in total. The van der Waals surface area contributed by atoms with E-state index >= 15 is 0 Å². The van der Waals surface area contributed by atoms with Gasteiger partial charge < -0.3 is 9.64 Å². The van der Waals surface area contributed by atoms with E-state index in [0.717, 1.165) is 17.0 Å². The van der Waals surface area contributed by atoms with E-state index in [0.29, 0.717) is 18.2 Å². The first-order chi connectivity index (χ1) is 15.5. The fourth-order valence-electron chi connectivity index (χ4n) is 3.35. The van der Waals surface area contributed by atoms with Crippen molar-refractivity contribution in [2.75, 3.05) is 7.05 Å². The molecule has 0 fully saturated rings. The van der Waals surface area contributed by atoms with Gasteiger partial charge in [-0.2, -0.15) is 10.2 Å². The summed E-state index contributed by atoms with van der Waals surface area (Å²) >= 11 is 0. The predicted octanol–water partition coefficient (Wildman–Crippen LogP) is 4.50. The molecule has 0 aliphatic heterocycles. The molecule has 164 valence electrons. The molecule has 0 aliphatic carbocycles. The summed E-state index contributed by atoms with van der Waals surface area (Å²) in [6, 6.07) is 19.6. The lowest BCUT2D eigenvalue weighted by Gasteiger charge is -2.16. The van der Waals surface area contributed by atoms with Crippen molar-refractivity contribution >= 4 is 5.91 Å². The van der Waals surface area contributed by atoms with E-state index in [-0.39, 0.29) is 12.6 Å². The topological polar surface area (TPSA) is 65.2 Å². The summed E-state index contributed by atoms with van der Waals surface area (Å²) in [6.07, 6.45) is 5.39. The van der Waals surface area contributed by atoms with Crippen LogP contribution in [-0.4, -0.2) is 37.4 Å². The Balaban J connectivity index is 1.32. The van der Waals surface area contributed by atoms with Crippen molar-refractivity contribution in [3.8, 4) is 11.4 Å². The molecule has 0 saturated carbocycles. The van der Waals surface area contributed by atoms with Crippen LogP contribution in [0.5, 0.6) is 5.75 Å². The highest BCUT2D eigenvalue weighted by molar-refractivity contribution is 5.91. The van der Waals surface area contributed by atoms with Gasteiger partial charge in [-0.15, -0.1) is 0 Å². The normalized spacial score (nSPS) is 11.0. The molecule has 4 aromatic rings. The average molecular weight is 430 g/mol. The van der Waals surface area contributed by atoms with Gasteiger partial charge in [0.25, 0.3) is 5.91 Å². The molecule has 2 heterocycles. The van der Waals surface area contributed by atoms with Gasteiger partial charge >= 0.3 is 0 Å². The molecule has 2 aromatic heterocycles. The lowest BCUT2D eigenvalue weighted by atomic mass is 10.0. The smallest absolute Gasteiger partial charge is 0.274 e. The number of carbonyl (C=O) groups excluding carboxylic acids is 1. The van der Waals surface area contributed by atoms with Crippen molar-refractivity contribution < 1.29 is 9.53 Å². The fraction of sp³-hybridized carbons (Fsp3) is 0.240. The minimum atomic E-state index is -0.138. The predicted molar refractivity (Wildman–Crippen MR) is 123 cm³/mol. The second kappa shape index (κ2) is 9.51. The van der Waals surface area contributed by atoms with E-state index < -0.39 is 0 Å². The first-order valence-electron chi connectivity index (χ1n) is 10.6. The molecule has 4 rings (SSSR count). The van der Waals surface area contributed by atoms with E-state index in [9.17, 15) is 4.79 Å². The largest absolute Gasteiger partial charge is 0.471 e. The first kappa shape index (κ1) is 21.4. The summed E-state index contributed by atoms with van der Waals surface area (Å²) in [6.45, 7) is 5.05. The van der Waals surface area contributed by atoms with Gasteiger partial charge in [-0.05, 0) is 53.4 Å². The Kier molecular flexibility index (Phi) is 6.35. The number of carbonyl (C=O) groups is 1. The molecule has 0 N–H and O–H groups in total. The number of benzene rings is 2. The lowest BCUT2D eigenvalue weighted by Crippen LogP contribution is -2.26. The summed E-state index contributed by atoms with van der Waals surface area (Å²) in [4.78, 5) is 14.4. The summed E-state index contributed by atoms with van der Waals surface area (Å²) < 4.78 is 9.21. The van der Waals surface area contributed by atoms with Crippen molar-refractivity contribution in [2.24, 2.45) is 0 Å². The van der Waals surface area contributed by atoms with Gasteiger partial charge in [0.05, 0.1) is 5.69 Å². The zero-order valence-corrected chi connectivity index (χ0v) is 18.5. The van der Waals surface area contributed by atoms with Gasteiger partial charge in [-0.3, -0.25) is 4.79 Å². The number of hydrogen-bond donors (Lipinski definition) is 0. The number of rotatable bonds is 8. The van der Waals surface area contributed by atoms with Gasteiger partial charge in [0, 0.05) is 32.2 Å². The summed E-state index contributed by atoms with van der Waals surface area (Å²) in [7, 11) is 1.77. The maximum atomic E-state index is 12.8. The Labute approximate surface area is 187 Å². The van der Waals surface area contributed by atoms with Crippen LogP contribution in [0.4, 0.5) is 0 Å². The van der Waals surface area contributed by atoms with Crippen LogP contribution in [0, 0.1) is 0 Å². The standard InChI is InChI=1S/C25H27N5O2/c1-19(2)21-7-11-23(12-8-21)32-18-29-16-13-24(27-29)25(31)28(3)17-20-5-9-22(10-6-20)30-15-4-14-26-30/h4-16,19H,17-18H2,1-3H3. The SMILES string of the molecule is CC(C)c1ccc(OCn2ccc(C(=O)N(C)Cc3ccc(-n4cccn4)cc3)n2)cc1. The summed E-state index contributed by atoms with van der Waals surface area (Å²) in [5, 5.41) is 8.59. The van der Waals surface area contributed by atoms with E-state index in [1.165, 1.54) is 5.56 Å². The zero-order valence-electron chi connectivity index (χ0n) is 18.5. The molecular formula is C25H27N5O2. The third kappa shape index (κ3) is 5.06. The summed E-state index contributed by atoms with van der Waals surface area (Å²) in [5.41, 5.74) is 3.66. The van der Waals surface area contributed by atoms with Gasteiger partial charge in [0.2, 0.25) is 0 Å². The second-order valence-corrected chi connectivity index (χ2v) is 8.02. The fourth-order valence-corrected chi connectivity index (χ4v) is 3.35. The lowest BCUT2D eigenvalue weighted by molar-refractivity contribution is 0.0777. The highest BCUT2D eigenvalue weighted by Gasteiger charge is 2.15. The Morgan fingerprint density at radius 3 is 2.44 bits per heavy atom. The molecule has 0 saturated heterocycles. The maximum Gasteiger partial charge on any atom is 0.274 e. The molecule has 0 unspecified atom stereocenters. The number of aromatic nitrogens is 4. The number of amides is 1. The Morgan fingerprint density at radius 2 is 1.78 bits per heavy atom. The van der Waals surface area contributed by atoms with E-state index in [4.69, 9.17) is 4.74 Å². The molecule has 0 atom stereocenters. The van der Waals surface area contributed by atoms with Gasteiger partial charge in [0.15, 0.2) is 12.4 Å². The second-order valence-electron chi connectivity index (χ2n) is 8.02. The Hall–Kier alpha value is -3.87.